The molecule has 3 N–H and O–H groups in total. The van der Waals surface area contributed by atoms with E-state index in [-0.39, 0.29) is 18.2 Å². The number of thioether (sulfide) groups is 1. The lowest BCUT2D eigenvalue weighted by Gasteiger charge is -2.36. The number of amides is 2. The fraction of sp³-hybridized carbons (Fsp3) is 0.318. The van der Waals surface area contributed by atoms with Crippen LogP contribution < -0.4 is 10.0 Å². The first-order chi connectivity index (χ1) is 15.2. The Morgan fingerprint density at radius 3 is 2.28 bits per heavy atom. The second-order valence-corrected chi connectivity index (χ2v) is 9.58. The van der Waals surface area contributed by atoms with Crippen molar-refractivity contribution in [2.45, 2.75) is 44.0 Å². The van der Waals surface area contributed by atoms with Crippen LogP contribution in [0.4, 0.5) is 0 Å². The monoisotopic (exact) mass is 474 g/mol. The molecule has 8 nitrogen and oxygen atoms in total. The summed E-state index contributed by atoms with van der Waals surface area (Å²) < 4.78 is 23.1. The van der Waals surface area contributed by atoms with Gasteiger partial charge in [-0.05, 0) is 25.0 Å². The molecule has 0 bridgehead atoms. The molecule has 10 heteroatoms. The summed E-state index contributed by atoms with van der Waals surface area (Å²) in [6.45, 7) is 4.97. The molecule has 0 saturated heterocycles. The minimum atomic E-state index is -2.21. The highest BCUT2D eigenvalue weighted by Gasteiger charge is 2.49. The zero-order valence-corrected chi connectivity index (χ0v) is 19.7. The molecular formula is C22H26N4O4S2. The first kappa shape index (κ1) is 24.1. The molecule has 2 aromatic carbocycles. The van der Waals surface area contributed by atoms with E-state index in [2.05, 4.69) is 15.1 Å². The SMILES string of the molecule is CC(=O)N1N=C(NC(=O)C(C)c2ccccc2)SC1(CC(C)NS(=O)O)c1ccccc1. The maximum atomic E-state index is 12.9. The first-order valence-corrected chi connectivity index (χ1v) is 12.0. The van der Waals surface area contributed by atoms with Crippen LogP contribution in [0.2, 0.25) is 0 Å². The highest BCUT2D eigenvalue weighted by molar-refractivity contribution is 8.14. The number of carbonyl (C=O) groups is 2. The van der Waals surface area contributed by atoms with Gasteiger partial charge >= 0.3 is 0 Å². The normalized spacial score (nSPS) is 20.9. The third kappa shape index (κ3) is 5.44. The Hall–Kier alpha value is -2.53. The molecule has 170 valence electrons. The Morgan fingerprint density at radius 2 is 1.72 bits per heavy atom. The van der Waals surface area contributed by atoms with E-state index in [1.807, 2.05) is 60.7 Å². The highest BCUT2D eigenvalue weighted by atomic mass is 32.2. The van der Waals surface area contributed by atoms with E-state index < -0.39 is 28.1 Å². The van der Waals surface area contributed by atoms with Crippen molar-refractivity contribution in [1.29, 1.82) is 0 Å². The van der Waals surface area contributed by atoms with E-state index in [1.165, 1.54) is 23.7 Å². The summed E-state index contributed by atoms with van der Waals surface area (Å²) in [5.74, 6) is -0.953. The van der Waals surface area contributed by atoms with Crippen molar-refractivity contribution in [3.63, 3.8) is 0 Å². The highest BCUT2D eigenvalue weighted by Crippen LogP contribution is 2.48. The minimum Gasteiger partial charge on any atom is -0.303 e. The fourth-order valence-electron chi connectivity index (χ4n) is 3.63. The largest absolute Gasteiger partial charge is 0.303 e. The van der Waals surface area contributed by atoms with Crippen LogP contribution >= 0.6 is 11.8 Å². The summed E-state index contributed by atoms with van der Waals surface area (Å²) >= 11 is -0.961. The number of hydrogen-bond donors (Lipinski definition) is 3. The number of carbonyl (C=O) groups excluding carboxylic acids is 2. The van der Waals surface area contributed by atoms with Gasteiger partial charge in [0.05, 0.1) is 5.92 Å². The van der Waals surface area contributed by atoms with E-state index >= 15 is 0 Å². The topological polar surface area (TPSA) is 111 Å². The van der Waals surface area contributed by atoms with Gasteiger partial charge in [0.2, 0.25) is 23.1 Å². The van der Waals surface area contributed by atoms with Gasteiger partial charge in [-0.1, -0.05) is 72.4 Å². The maximum absolute atomic E-state index is 12.9. The molecule has 1 aliphatic heterocycles. The molecule has 4 atom stereocenters. The van der Waals surface area contributed by atoms with Gasteiger partial charge in [-0.2, -0.15) is 0 Å². The van der Waals surface area contributed by atoms with E-state index in [9.17, 15) is 18.4 Å². The lowest BCUT2D eigenvalue weighted by molar-refractivity contribution is -0.132. The van der Waals surface area contributed by atoms with Crippen molar-refractivity contribution in [3.8, 4) is 0 Å². The van der Waals surface area contributed by atoms with Gasteiger partial charge in [0.1, 0.15) is 4.87 Å². The van der Waals surface area contributed by atoms with Crippen LogP contribution in [-0.4, -0.2) is 36.8 Å². The van der Waals surface area contributed by atoms with E-state index in [0.717, 1.165) is 11.1 Å². The average Bonchev–Trinajstić information content (AvgIpc) is 3.12. The van der Waals surface area contributed by atoms with Crippen LogP contribution in [0.5, 0.6) is 0 Å². The lowest BCUT2D eigenvalue weighted by Crippen LogP contribution is -2.45. The van der Waals surface area contributed by atoms with Gasteiger partial charge in [0.15, 0.2) is 5.17 Å². The third-order valence-electron chi connectivity index (χ3n) is 5.13. The average molecular weight is 475 g/mol. The quantitative estimate of drug-likeness (QED) is 0.534. The molecule has 1 aliphatic rings. The molecule has 2 aromatic rings. The van der Waals surface area contributed by atoms with Crippen molar-refractivity contribution < 1.29 is 18.4 Å². The number of amidine groups is 1. The molecule has 0 aliphatic carbocycles. The van der Waals surface area contributed by atoms with Crippen molar-refractivity contribution >= 4 is 40.0 Å². The van der Waals surface area contributed by atoms with Gasteiger partial charge < -0.3 is 5.32 Å². The number of rotatable bonds is 7. The molecule has 0 radical (unpaired) electrons. The lowest BCUT2D eigenvalue weighted by atomic mass is 9.98. The van der Waals surface area contributed by atoms with Crippen molar-refractivity contribution in [3.05, 3.63) is 71.8 Å². The zero-order valence-electron chi connectivity index (χ0n) is 18.0. The Bertz CT molecular complexity index is 1020. The summed E-state index contributed by atoms with van der Waals surface area (Å²) in [5.41, 5.74) is 1.66. The first-order valence-electron chi connectivity index (χ1n) is 10.1. The number of hydrogen-bond acceptors (Lipinski definition) is 5. The maximum Gasteiger partial charge on any atom is 0.241 e. The Kier molecular flexibility index (Phi) is 7.83. The smallest absolute Gasteiger partial charge is 0.241 e. The molecular weight excluding hydrogens is 448 g/mol. The van der Waals surface area contributed by atoms with E-state index in [1.54, 1.807) is 13.8 Å². The summed E-state index contributed by atoms with van der Waals surface area (Å²) in [5, 5.41) is 8.92. The van der Waals surface area contributed by atoms with Crippen LogP contribution in [0.1, 0.15) is 44.2 Å². The summed E-state index contributed by atoms with van der Waals surface area (Å²) in [7, 11) is 0. The van der Waals surface area contributed by atoms with E-state index in [0.29, 0.717) is 5.17 Å². The standard InChI is InChI=1S/C22H26N4O4S2/c1-15(25-32(29)30)14-22(19-12-8-5-9-13-19)26(17(3)27)24-21(31-22)23-20(28)16(2)18-10-6-4-7-11-18/h4-13,15-16,25H,14H2,1-3H3,(H,29,30)(H,23,24,28). The van der Waals surface area contributed by atoms with Gasteiger partial charge in [0.25, 0.3) is 0 Å². The molecule has 0 saturated carbocycles. The van der Waals surface area contributed by atoms with Crippen molar-refractivity contribution in [2.24, 2.45) is 5.10 Å². The summed E-state index contributed by atoms with van der Waals surface area (Å²) in [4.78, 5) is 24.5. The van der Waals surface area contributed by atoms with Gasteiger partial charge in [-0.3, -0.25) is 14.1 Å². The predicted molar refractivity (Wildman–Crippen MR) is 127 cm³/mol. The molecule has 0 aromatic heterocycles. The molecule has 3 rings (SSSR count). The van der Waals surface area contributed by atoms with E-state index in [4.69, 9.17) is 0 Å². The molecule has 32 heavy (non-hydrogen) atoms. The van der Waals surface area contributed by atoms with Crippen LogP contribution in [0, 0.1) is 0 Å². The number of nitrogens with zero attached hydrogens (tertiary/aromatic N) is 2. The predicted octanol–water partition coefficient (Wildman–Crippen LogP) is 3.13. The number of nitrogens with one attached hydrogen (secondary N) is 2. The number of benzene rings is 2. The van der Waals surface area contributed by atoms with Crippen LogP contribution in [0.15, 0.2) is 65.8 Å². The molecule has 0 fully saturated rings. The van der Waals surface area contributed by atoms with Crippen molar-refractivity contribution in [1.82, 2.24) is 15.0 Å². The van der Waals surface area contributed by atoms with Crippen LogP contribution in [0.25, 0.3) is 0 Å². The second-order valence-electron chi connectivity index (χ2n) is 7.58. The molecule has 1 heterocycles. The van der Waals surface area contributed by atoms with Gasteiger partial charge in [0, 0.05) is 19.4 Å². The van der Waals surface area contributed by atoms with Crippen LogP contribution in [0.3, 0.4) is 0 Å². The summed E-state index contributed by atoms with van der Waals surface area (Å²) in [6, 6.07) is 18.3. The number of hydrazone groups is 1. The van der Waals surface area contributed by atoms with Gasteiger partial charge in [-0.15, -0.1) is 5.10 Å². The molecule has 2 amide bonds. The second kappa shape index (κ2) is 10.4. The van der Waals surface area contributed by atoms with Crippen LogP contribution in [-0.2, 0) is 25.7 Å². The fourth-order valence-corrected chi connectivity index (χ4v) is 5.50. The Morgan fingerprint density at radius 1 is 1.12 bits per heavy atom. The van der Waals surface area contributed by atoms with Crippen molar-refractivity contribution in [2.75, 3.05) is 0 Å². The zero-order chi connectivity index (χ0) is 23.3. The minimum absolute atomic E-state index is 0.238. The Balaban J connectivity index is 1.90. The molecule has 0 spiro atoms. The summed E-state index contributed by atoms with van der Waals surface area (Å²) in [6.07, 6.45) is 0.282. The van der Waals surface area contributed by atoms with Gasteiger partial charge in [-0.25, -0.2) is 13.9 Å². The Labute approximate surface area is 194 Å². The molecule has 4 unspecified atom stereocenters. The third-order valence-corrected chi connectivity index (χ3v) is 7.02.